The Morgan fingerprint density at radius 2 is 1.55 bits per heavy atom. The van der Waals surface area contributed by atoms with E-state index >= 15 is 0 Å². The summed E-state index contributed by atoms with van der Waals surface area (Å²) in [6.45, 7) is 0. The molecule has 93 valence electrons. The van der Waals surface area contributed by atoms with E-state index < -0.39 is 0 Å². The van der Waals surface area contributed by atoms with Crippen LogP contribution in [0.1, 0.15) is 0 Å². The Bertz CT molecular complexity index is 836. The van der Waals surface area contributed by atoms with Crippen LogP contribution in [0.2, 0.25) is 0 Å². The molecule has 4 aromatic rings. The molecule has 0 saturated carbocycles. The summed E-state index contributed by atoms with van der Waals surface area (Å²) in [6.07, 6.45) is 1.86. The first-order chi connectivity index (χ1) is 9.90. The Labute approximate surface area is 116 Å². The number of benzene rings is 2. The van der Waals surface area contributed by atoms with Crippen molar-refractivity contribution in [2.45, 2.75) is 0 Å². The van der Waals surface area contributed by atoms with Gasteiger partial charge >= 0.3 is 0 Å². The third-order valence-electron chi connectivity index (χ3n) is 3.40. The summed E-state index contributed by atoms with van der Waals surface area (Å²) in [4.78, 5) is 9.13. The third kappa shape index (κ3) is 1.82. The second-order valence-electron chi connectivity index (χ2n) is 4.72. The highest BCUT2D eigenvalue weighted by atomic mass is 14.7. The van der Waals surface area contributed by atoms with E-state index in [0.29, 0.717) is 0 Å². The molecular formula is C18H11N2. The number of para-hydroxylation sites is 2. The summed E-state index contributed by atoms with van der Waals surface area (Å²) in [5.41, 5.74) is 3.81. The Hall–Kier alpha value is -2.74. The van der Waals surface area contributed by atoms with Crippen LogP contribution < -0.4 is 0 Å². The lowest BCUT2D eigenvalue weighted by Crippen LogP contribution is -1.87. The molecule has 0 aliphatic heterocycles. The number of hydrogen-bond acceptors (Lipinski definition) is 2. The molecule has 0 unspecified atom stereocenters. The van der Waals surface area contributed by atoms with Crippen molar-refractivity contribution >= 4 is 21.8 Å². The minimum Gasteiger partial charge on any atom is -0.256 e. The van der Waals surface area contributed by atoms with Gasteiger partial charge in [0.25, 0.3) is 0 Å². The van der Waals surface area contributed by atoms with Crippen LogP contribution in [0.5, 0.6) is 0 Å². The van der Waals surface area contributed by atoms with Gasteiger partial charge in [0.15, 0.2) is 0 Å². The smallest absolute Gasteiger partial charge is 0.0804 e. The van der Waals surface area contributed by atoms with E-state index in [4.69, 9.17) is 0 Å². The van der Waals surface area contributed by atoms with E-state index in [2.05, 4.69) is 28.2 Å². The molecule has 0 bridgehead atoms. The fraction of sp³-hybridized carbons (Fsp3) is 0. The zero-order valence-electron chi connectivity index (χ0n) is 10.7. The van der Waals surface area contributed by atoms with Gasteiger partial charge in [-0.25, -0.2) is 4.98 Å². The molecule has 2 aromatic carbocycles. The van der Waals surface area contributed by atoms with Gasteiger partial charge in [0.1, 0.15) is 0 Å². The molecule has 0 atom stereocenters. The lowest BCUT2D eigenvalue weighted by atomic mass is 10.1. The molecule has 0 spiro atoms. The average Bonchev–Trinajstić information content (AvgIpc) is 2.54. The molecule has 2 nitrogen and oxygen atoms in total. The van der Waals surface area contributed by atoms with E-state index in [9.17, 15) is 0 Å². The molecule has 0 amide bonds. The molecule has 4 rings (SSSR count). The van der Waals surface area contributed by atoms with Crippen molar-refractivity contribution in [1.29, 1.82) is 0 Å². The fourth-order valence-electron chi connectivity index (χ4n) is 2.36. The van der Waals surface area contributed by atoms with Crippen molar-refractivity contribution in [2.24, 2.45) is 0 Å². The minimum absolute atomic E-state index is 0.835. The zero-order valence-corrected chi connectivity index (χ0v) is 10.7. The first kappa shape index (κ1) is 11.1. The van der Waals surface area contributed by atoms with Gasteiger partial charge in [0.05, 0.1) is 16.7 Å². The minimum atomic E-state index is 0.835. The van der Waals surface area contributed by atoms with E-state index in [1.165, 1.54) is 0 Å². The molecule has 1 radical (unpaired) electrons. The predicted octanol–water partition coefficient (Wildman–Crippen LogP) is 4.25. The summed E-state index contributed by atoms with van der Waals surface area (Å²) >= 11 is 0. The monoisotopic (exact) mass is 255 g/mol. The maximum Gasteiger partial charge on any atom is 0.0804 e. The maximum atomic E-state index is 4.66. The van der Waals surface area contributed by atoms with Crippen LogP contribution in [-0.4, -0.2) is 9.97 Å². The molecule has 2 aromatic heterocycles. The third-order valence-corrected chi connectivity index (χ3v) is 3.40. The zero-order chi connectivity index (χ0) is 13.4. The number of nitrogens with zero attached hydrogens (tertiary/aromatic N) is 2. The second-order valence-corrected chi connectivity index (χ2v) is 4.72. The molecule has 2 heterocycles. The van der Waals surface area contributed by atoms with Gasteiger partial charge < -0.3 is 0 Å². The van der Waals surface area contributed by atoms with Gasteiger partial charge in [0.2, 0.25) is 0 Å². The van der Waals surface area contributed by atoms with Crippen molar-refractivity contribution in [3.63, 3.8) is 0 Å². The van der Waals surface area contributed by atoms with E-state index in [1.54, 1.807) is 0 Å². The van der Waals surface area contributed by atoms with Gasteiger partial charge in [-0.3, -0.25) is 4.98 Å². The molecule has 0 saturated heterocycles. The second kappa shape index (κ2) is 4.42. The summed E-state index contributed by atoms with van der Waals surface area (Å²) < 4.78 is 0. The Kier molecular flexibility index (Phi) is 2.46. The van der Waals surface area contributed by atoms with Crippen molar-refractivity contribution in [3.05, 3.63) is 72.9 Å². The van der Waals surface area contributed by atoms with Crippen LogP contribution in [0.3, 0.4) is 0 Å². The summed E-state index contributed by atoms with van der Waals surface area (Å²) in [7, 11) is 0. The standard InChI is InChI=1S/C18H11N2/c1-4-8-17-13(5-1)9-10-18(20-17)15-11-14-6-2-3-7-16(14)19-12-15/h1-9,11-12H. The van der Waals surface area contributed by atoms with Crippen molar-refractivity contribution in [3.8, 4) is 11.3 Å². The van der Waals surface area contributed by atoms with Gasteiger partial charge in [-0.1, -0.05) is 36.4 Å². The average molecular weight is 255 g/mol. The van der Waals surface area contributed by atoms with Crippen LogP contribution in [0, 0.1) is 6.07 Å². The first-order valence-corrected chi connectivity index (χ1v) is 6.53. The van der Waals surface area contributed by atoms with Crippen LogP contribution >= 0.6 is 0 Å². The largest absolute Gasteiger partial charge is 0.256 e. The maximum absolute atomic E-state index is 4.66. The van der Waals surface area contributed by atoms with Crippen molar-refractivity contribution in [1.82, 2.24) is 9.97 Å². The van der Waals surface area contributed by atoms with Crippen LogP contribution in [-0.2, 0) is 0 Å². The summed E-state index contributed by atoms with van der Waals surface area (Å²) in [5, 5.41) is 2.22. The van der Waals surface area contributed by atoms with Crippen molar-refractivity contribution < 1.29 is 0 Å². The predicted molar refractivity (Wildman–Crippen MR) is 81.3 cm³/mol. The van der Waals surface area contributed by atoms with Gasteiger partial charge in [-0.05, 0) is 24.3 Å². The number of hydrogen-bond donors (Lipinski definition) is 0. The molecule has 0 fully saturated rings. The Balaban J connectivity index is 1.91. The number of rotatable bonds is 1. The highest BCUT2D eigenvalue weighted by Crippen LogP contribution is 2.22. The molecule has 0 N–H and O–H groups in total. The number of fused-ring (bicyclic) bond motifs is 2. The lowest BCUT2D eigenvalue weighted by molar-refractivity contribution is 1.35. The van der Waals surface area contributed by atoms with Crippen LogP contribution in [0.25, 0.3) is 33.1 Å². The highest BCUT2D eigenvalue weighted by Gasteiger charge is 2.03. The van der Waals surface area contributed by atoms with E-state index in [0.717, 1.165) is 33.1 Å². The molecule has 0 aliphatic carbocycles. The Morgan fingerprint density at radius 3 is 2.45 bits per heavy atom. The lowest BCUT2D eigenvalue weighted by Gasteiger charge is -2.04. The van der Waals surface area contributed by atoms with E-state index in [1.807, 2.05) is 54.7 Å². The quantitative estimate of drug-likeness (QED) is 0.508. The van der Waals surface area contributed by atoms with Crippen molar-refractivity contribution in [2.75, 3.05) is 0 Å². The number of pyridine rings is 2. The molecule has 20 heavy (non-hydrogen) atoms. The highest BCUT2D eigenvalue weighted by molar-refractivity contribution is 5.85. The van der Waals surface area contributed by atoms with Gasteiger partial charge in [-0.2, -0.15) is 0 Å². The van der Waals surface area contributed by atoms with Gasteiger partial charge in [-0.15, -0.1) is 0 Å². The first-order valence-electron chi connectivity index (χ1n) is 6.53. The topological polar surface area (TPSA) is 25.8 Å². The normalized spacial score (nSPS) is 11.0. The summed E-state index contributed by atoms with van der Waals surface area (Å²) in [5.74, 6) is 0. The molecule has 0 aliphatic rings. The SMILES string of the molecule is [c]1cc2ccccc2nc1-c1cnc2ccccc2c1. The molecule has 2 heteroatoms. The van der Waals surface area contributed by atoms with Gasteiger partial charge in [0, 0.05) is 28.6 Å². The Morgan fingerprint density at radius 1 is 0.800 bits per heavy atom. The summed E-state index contributed by atoms with van der Waals surface area (Å²) in [6, 6.07) is 23.5. The molecular weight excluding hydrogens is 244 g/mol. The van der Waals surface area contributed by atoms with Crippen LogP contribution in [0.4, 0.5) is 0 Å². The van der Waals surface area contributed by atoms with Crippen LogP contribution in [0.15, 0.2) is 66.9 Å². The fourth-order valence-corrected chi connectivity index (χ4v) is 2.36. The van der Waals surface area contributed by atoms with E-state index in [-0.39, 0.29) is 0 Å². The number of aromatic nitrogens is 2.